The van der Waals surface area contributed by atoms with Crippen molar-refractivity contribution in [3.05, 3.63) is 69.9 Å². The normalized spacial score (nSPS) is 15.6. The molecule has 1 atom stereocenters. The molecule has 186 valence electrons. The number of ether oxygens (including phenoxy) is 2. The summed E-state index contributed by atoms with van der Waals surface area (Å²) in [7, 11) is 1.56. The van der Waals surface area contributed by atoms with Crippen LogP contribution in [0.5, 0.6) is 11.5 Å². The van der Waals surface area contributed by atoms with Gasteiger partial charge in [-0.1, -0.05) is 23.7 Å². The van der Waals surface area contributed by atoms with E-state index in [0.717, 1.165) is 17.7 Å². The zero-order valence-electron chi connectivity index (χ0n) is 19.5. The van der Waals surface area contributed by atoms with Gasteiger partial charge < -0.3 is 19.7 Å². The number of nitrogens with zero attached hydrogens (tertiary/aromatic N) is 3. The largest absolute Gasteiger partial charge is 0.493 e. The van der Waals surface area contributed by atoms with Gasteiger partial charge in [-0.05, 0) is 42.5 Å². The summed E-state index contributed by atoms with van der Waals surface area (Å²) in [5.41, 5.74) is 0.809. The number of rotatable bonds is 7. The summed E-state index contributed by atoms with van der Waals surface area (Å²) < 4.78 is 26.4. The molecule has 7 nitrogen and oxygen atoms in total. The Morgan fingerprint density at radius 1 is 1.25 bits per heavy atom. The average Bonchev–Trinajstić information content (AvgIpc) is 3.40. The highest BCUT2D eigenvalue weighted by Crippen LogP contribution is 2.36. The maximum Gasteiger partial charge on any atom is 0.227 e. The van der Waals surface area contributed by atoms with Gasteiger partial charge in [0.25, 0.3) is 0 Å². The van der Waals surface area contributed by atoms with Gasteiger partial charge in [-0.15, -0.1) is 11.3 Å². The number of likely N-dealkylation sites (tertiary alicyclic amines) is 1. The van der Waals surface area contributed by atoms with Gasteiger partial charge in [0.1, 0.15) is 18.2 Å². The number of carbonyl (C=O) groups is 1. The van der Waals surface area contributed by atoms with Crippen molar-refractivity contribution in [1.29, 1.82) is 0 Å². The lowest BCUT2D eigenvalue weighted by atomic mass is 10.1. The van der Waals surface area contributed by atoms with Crippen molar-refractivity contribution in [2.45, 2.75) is 25.4 Å². The second-order valence-corrected chi connectivity index (χ2v) is 9.89. The van der Waals surface area contributed by atoms with Gasteiger partial charge in [0.2, 0.25) is 5.91 Å². The Balaban J connectivity index is 1.39. The first-order chi connectivity index (χ1) is 17.5. The van der Waals surface area contributed by atoms with E-state index >= 15 is 0 Å². The smallest absolute Gasteiger partial charge is 0.227 e. The first kappa shape index (κ1) is 24.3. The third-order valence-electron chi connectivity index (χ3n) is 6.06. The Morgan fingerprint density at radius 3 is 2.94 bits per heavy atom. The summed E-state index contributed by atoms with van der Waals surface area (Å²) in [5, 5.41) is 5.63. The fraction of sp³-hybridized carbons (Fsp3) is 0.269. The van der Waals surface area contributed by atoms with Crippen molar-refractivity contribution in [3.63, 3.8) is 0 Å². The maximum atomic E-state index is 14.5. The predicted molar refractivity (Wildman–Crippen MR) is 139 cm³/mol. The lowest BCUT2D eigenvalue weighted by Gasteiger charge is -2.33. The number of carbonyl (C=O) groups excluding carboxylic acids is 1. The molecule has 36 heavy (non-hydrogen) atoms. The van der Waals surface area contributed by atoms with Crippen LogP contribution in [0.1, 0.15) is 17.7 Å². The number of thiophene rings is 1. The molecule has 0 spiro atoms. The molecule has 0 saturated carbocycles. The fourth-order valence-corrected chi connectivity index (χ4v) is 5.13. The van der Waals surface area contributed by atoms with Crippen LogP contribution in [-0.4, -0.2) is 47.1 Å². The molecule has 5 rings (SSSR count). The Bertz CT molecular complexity index is 1390. The quantitative estimate of drug-likeness (QED) is 0.325. The van der Waals surface area contributed by atoms with E-state index in [0.29, 0.717) is 47.7 Å². The third kappa shape index (κ3) is 5.22. The fourth-order valence-electron chi connectivity index (χ4n) is 4.26. The highest BCUT2D eigenvalue weighted by atomic mass is 35.5. The molecule has 1 N–H and O–H groups in total. The average molecular weight is 527 g/mol. The van der Waals surface area contributed by atoms with Crippen LogP contribution >= 0.6 is 22.9 Å². The van der Waals surface area contributed by atoms with Crippen LogP contribution < -0.4 is 14.8 Å². The number of benzene rings is 2. The van der Waals surface area contributed by atoms with Crippen LogP contribution in [0.25, 0.3) is 10.9 Å². The first-order valence-corrected chi connectivity index (χ1v) is 12.8. The van der Waals surface area contributed by atoms with Gasteiger partial charge in [-0.2, -0.15) is 0 Å². The van der Waals surface area contributed by atoms with E-state index in [1.165, 1.54) is 12.4 Å². The molecule has 2 aromatic carbocycles. The minimum absolute atomic E-state index is 0.0135. The van der Waals surface area contributed by atoms with Crippen molar-refractivity contribution in [2.75, 3.05) is 25.5 Å². The SMILES string of the molecule is COc1cc2ncnc(Nc3cccc(Cl)c3F)c2cc1O[C@@H]1CCCN(C(=O)Cc2cccs2)C1. The Hall–Kier alpha value is -3.43. The molecule has 1 fully saturated rings. The number of halogens is 2. The summed E-state index contributed by atoms with van der Waals surface area (Å²) in [4.78, 5) is 24.4. The molecule has 0 radical (unpaired) electrons. The first-order valence-electron chi connectivity index (χ1n) is 11.5. The van der Waals surface area contributed by atoms with E-state index in [1.54, 1.807) is 42.7 Å². The second kappa shape index (κ2) is 10.7. The second-order valence-electron chi connectivity index (χ2n) is 8.45. The van der Waals surface area contributed by atoms with Crippen molar-refractivity contribution in [1.82, 2.24) is 14.9 Å². The van der Waals surface area contributed by atoms with Crippen molar-refractivity contribution in [2.24, 2.45) is 0 Å². The Morgan fingerprint density at radius 2 is 2.14 bits per heavy atom. The van der Waals surface area contributed by atoms with E-state index in [1.807, 2.05) is 22.4 Å². The predicted octanol–water partition coefficient (Wildman–Crippen LogP) is 5.85. The maximum absolute atomic E-state index is 14.5. The molecule has 1 saturated heterocycles. The molecule has 0 aliphatic carbocycles. The zero-order chi connectivity index (χ0) is 25.1. The van der Waals surface area contributed by atoms with E-state index < -0.39 is 5.82 Å². The number of hydrogen-bond donors (Lipinski definition) is 1. The van der Waals surface area contributed by atoms with Gasteiger partial charge >= 0.3 is 0 Å². The van der Waals surface area contributed by atoms with Crippen LogP contribution in [0, 0.1) is 5.82 Å². The molecule has 3 heterocycles. The van der Waals surface area contributed by atoms with E-state index in [9.17, 15) is 9.18 Å². The number of hydrogen-bond acceptors (Lipinski definition) is 7. The number of amides is 1. The number of aromatic nitrogens is 2. The molecular formula is C26H24ClFN4O3S. The molecule has 2 aromatic heterocycles. The van der Waals surface area contributed by atoms with Crippen LogP contribution in [0.2, 0.25) is 5.02 Å². The number of fused-ring (bicyclic) bond motifs is 1. The number of anilines is 2. The lowest BCUT2D eigenvalue weighted by molar-refractivity contribution is -0.133. The van der Waals surface area contributed by atoms with Crippen LogP contribution in [0.15, 0.2) is 54.2 Å². The summed E-state index contributed by atoms with van der Waals surface area (Å²) >= 11 is 7.52. The molecule has 1 amide bonds. The van der Waals surface area contributed by atoms with Gasteiger partial charge in [0, 0.05) is 22.9 Å². The van der Waals surface area contributed by atoms with Crippen LogP contribution in [0.4, 0.5) is 15.9 Å². The van der Waals surface area contributed by atoms with Crippen molar-refractivity contribution < 1.29 is 18.7 Å². The van der Waals surface area contributed by atoms with E-state index in [-0.39, 0.29) is 22.7 Å². The third-order valence-corrected chi connectivity index (χ3v) is 7.22. The highest BCUT2D eigenvalue weighted by Gasteiger charge is 2.26. The molecule has 0 unspecified atom stereocenters. The lowest BCUT2D eigenvalue weighted by Crippen LogP contribution is -2.44. The number of piperidine rings is 1. The molecule has 4 aromatic rings. The van der Waals surface area contributed by atoms with Crippen LogP contribution in [0.3, 0.4) is 0 Å². The molecule has 10 heteroatoms. The molecule has 1 aliphatic heterocycles. The summed E-state index contributed by atoms with van der Waals surface area (Å²) in [6, 6.07) is 12.2. The van der Waals surface area contributed by atoms with Crippen molar-refractivity contribution in [3.8, 4) is 11.5 Å². The topological polar surface area (TPSA) is 76.6 Å². The summed E-state index contributed by atoms with van der Waals surface area (Å²) in [5.74, 6) is 0.963. The minimum atomic E-state index is -0.564. The van der Waals surface area contributed by atoms with E-state index in [2.05, 4.69) is 15.3 Å². The number of methoxy groups -OCH3 is 1. The van der Waals surface area contributed by atoms with E-state index in [4.69, 9.17) is 21.1 Å². The minimum Gasteiger partial charge on any atom is -0.493 e. The standard InChI is InChI=1S/C26H24ClFN4O3S/c1-34-22-13-21-18(26(30-15-29-21)31-20-8-2-7-19(27)25(20)28)12-23(22)35-16-5-3-9-32(14-16)24(33)11-17-6-4-10-36-17/h2,4,6-8,10,12-13,15-16H,3,5,9,11,14H2,1H3,(H,29,30,31)/t16-/m1/s1. The highest BCUT2D eigenvalue weighted by molar-refractivity contribution is 7.10. The summed E-state index contributed by atoms with van der Waals surface area (Å²) in [6.45, 7) is 1.21. The molecular weight excluding hydrogens is 503 g/mol. The Labute approximate surface area is 216 Å². The molecule has 1 aliphatic rings. The van der Waals surface area contributed by atoms with Crippen LogP contribution in [-0.2, 0) is 11.2 Å². The summed E-state index contributed by atoms with van der Waals surface area (Å²) in [6.07, 6.45) is 3.26. The number of nitrogens with one attached hydrogen (secondary N) is 1. The van der Waals surface area contributed by atoms with Gasteiger partial charge in [0.05, 0.1) is 36.3 Å². The molecule has 0 bridgehead atoms. The monoisotopic (exact) mass is 526 g/mol. The zero-order valence-corrected chi connectivity index (χ0v) is 21.1. The van der Waals surface area contributed by atoms with Gasteiger partial charge in [-0.3, -0.25) is 4.79 Å². The van der Waals surface area contributed by atoms with Crippen molar-refractivity contribution >= 4 is 51.3 Å². The Kier molecular flexibility index (Phi) is 7.20. The van der Waals surface area contributed by atoms with Gasteiger partial charge in [0.15, 0.2) is 17.3 Å². The van der Waals surface area contributed by atoms with Gasteiger partial charge in [-0.25, -0.2) is 14.4 Å².